The first-order valence-corrected chi connectivity index (χ1v) is 5.39. The van der Waals surface area contributed by atoms with Gasteiger partial charge in [-0.25, -0.2) is 0 Å². The van der Waals surface area contributed by atoms with Gasteiger partial charge in [0.2, 0.25) is 0 Å². The third-order valence-electron chi connectivity index (χ3n) is 1.13. The Morgan fingerprint density at radius 2 is 2.10 bits per heavy atom. The first-order chi connectivity index (χ1) is 4.84. The Morgan fingerprint density at radius 3 is 2.70 bits per heavy atom. The minimum Gasteiger partial charge on any atom is -0.398 e. The first kappa shape index (κ1) is 8.20. The van der Waals surface area contributed by atoms with Gasteiger partial charge < -0.3 is 5.73 Å². The van der Waals surface area contributed by atoms with Crippen molar-refractivity contribution in [1.29, 1.82) is 0 Å². The van der Waals surface area contributed by atoms with Crippen molar-refractivity contribution < 1.29 is 0 Å². The summed E-state index contributed by atoms with van der Waals surface area (Å²) in [5, 5.41) is 0. The van der Waals surface area contributed by atoms with Crippen molar-refractivity contribution in [1.82, 2.24) is 0 Å². The lowest BCUT2D eigenvalue weighted by atomic mass is 10.3. The van der Waals surface area contributed by atoms with Crippen LogP contribution in [0.5, 0.6) is 0 Å². The quantitative estimate of drug-likeness (QED) is 0.385. The number of benzene rings is 1. The third kappa shape index (κ3) is 2.05. The van der Waals surface area contributed by atoms with Gasteiger partial charge in [0.15, 0.2) is 0 Å². The SMILES string of the molecule is Nc1ccccc1SCI. The molecular formula is C7H8INS. The summed E-state index contributed by atoms with van der Waals surface area (Å²) < 4.78 is 1.05. The van der Waals surface area contributed by atoms with Crippen LogP contribution in [0.2, 0.25) is 0 Å². The van der Waals surface area contributed by atoms with Gasteiger partial charge in [-0.05, 0) is 12.1 Å². The Balaban J connectivity index is 2.81. The molecule has 0 aliphatic heterocycles. The van der Waals surface area contributed by atoms with Crippen molar-refractivity contribution in [2.75, 3.05) is 9.49 Å². The van der Waals surface area contributed by atoms with Gasteiger partial charge in [0.1, 0.15) is 0 Å². The number of nitrogen functional groups attached to an aromatic ring is 1. The number of para-hydroxylation sites is 1. The van der Waals surface area contributed by atoms with E-state index in [4.69, 9.17) is 5.73 Å². The molecule has 0 unspecified atom stereocenters. The molecule has 1 nitrogen and oxygen atoms in total. The molecule has 2 N–H and O–H groups in total. The van der Waals surface area contributed by atoms with Crippen LogP contribution in [0, 0.1) is 0 Å². The van der Waals surface area contributed by atoms with Crippen LogP contribution in [0.15, 0.2) is 29.2 Å². The number of hydrogen-bond donors (Lipinski definition) is 1. The van der Waals surface area contributed by atoms with Crippen molar-refractivity contribution in [3.8, 4) is 0 Å². The summed E-state index contributed by atoms with van der Waals surface area (Å²) in [7, 11) is 0. The maximum atomic E-state index is 5.68. The zero-order valence-corrected chi connectivity index (χ0v) is 8.35. The van der Waals surface area contributed by atoms with Gasteiger partial charge in [-0.1, -0.05) is 34.7 Å². The van der Waals surface area contributed by atoms with E-state index in [-0.39, 0.29) is 0 Å². The van der Waals surface area contributed by atoms with E-state index in [1.54, 1.807) is 11.8 Å². The molecule has 0 saturated carbocycles. The second-order valence-electron chi connectivity index (χ2n) is 1.79. The Hall–Kier alpha value is 0.1000. The molecular weight excluding hydrogens is 257 g/mol. The second kappa shape index (κ2) is 4.08. The molecule has 0 saturated heterocycles. The molecule has 10 heavy (non-hydrogen) atoms. The lowest BCUT2D eigenvalue weighted by molar-refractivity contribution is 1.47. The monoisotopic (exact) mass is 265 g/mol. The highest BCUT2D eigenvalue weighted by molar-refractivity contribution is 14.1. The summed E-state index contributed by atoms with van der Waals surface area (Å²) in [6, 6.07) is 7.92. The van der Waals surface area contributed by atoms with Gasteiger partial charge in [0, 0.05) is 10.6 Å². The maximum absolute atomic E-state index is 5.68. The summed E-state index contributed by atoms with van der Waals surface area (Å²) in [5.41, 5.74) is 6.56. The fourth-order valence-electron chi connectivity index (χ4n) is 0.671. The summed E-state index contributed by atoms with van der Waals surface area (Å²) in [6.07, 6.45) is 0. The van der Waals surface area contributed by atoms with E-state index in [2.05, 4.69) is 22.6 Å². The first-order valence-electron chi connectivity index (χ1n) is 2.88. The number of halogens is 1. The zero-order chi connectivity index (χ0) is 7.40. The van der Waals surface area contributed by atoms with Crippen LogP contribution in [0.3, 0.4) is 0 Å². The van der Waals surface area contributed by atoms with Gasteiger partial charge in [-0.3, -0.25) is 0 Å². The average molecular weight is 265 g/mol. The number of anilines is 1. The van der Waals surface area contributed by atoms with Gasteiger partial charge in [-0.2, -0.15) is 0 Å². The van der Waals surface area contributed by atoms with Crippen LogP contribution in [-0.2, 0) is 0 Å². The zero-order valence-electron chi connectivity index (χ0n) is 5.38. The summed E-state index contributed by atoms with van der Waals surface area (Å²) in [6.45, 7) is 0. The predicted molar refractivity (Wildman–Crippen MR) is 55.6 cm³/mol. The highest BCUT2D eigenvalue weighted by Crippen LogP contribution is 2.25. The lowest BCUT2D eigenvalue weighted by Gasteiger charge is -1.99. The minimum atomic E-state index is 0.879. The van der Waals surface area contributed by atoms with E-state index in [1.807, 2.05) is 24.3 Å². The Labute approximate surface area is 78.5 Å². The van der Waals surface area contributed by atoms with E-state index in [1.165, 1.54) is 4.90 Å². The molecule has 1 aromatic rings. The molecule has 0 aliphatic rings. The summed E-state index contributed by atoms with van der Waals surface area (Å²) >= 11 is 4.08. The highest BCUT2D eigenvalue weighted by atomic mass is 127. The number of hydrogen-bond acceptors (Lipinski definition) is 2. The topological polar surface area (TPSA) is 26.0 Å². The van der Waals surface area contributed by atoms with Crippen LogP contribution in [0.25, 0.3) is 0 Å². The molecule has 0 heterocycles. The van der Waals surface area contributed by atoms with E-state index < -0.39 is 0 Å². The van der Waals surface area contributed by atoms with Crippen LogP contribution in [0.4, 0.5) is 5.69 Å². The molecule has 0 spiro atoms. The molecule has 0 aromatic heterocycles. The highest BCUT2D eigenvalue weighted by Gasteiger charge is 1.94. The summed E-state index contributed by atoms with van der Waals surface area (Å²) in [5.74, 6) is 0. The lowest BCUT2D eigenvalue weighted by Crippen LogP contribution is -1.86. The second-order valence-corrected chi connectivity index (χ2v) is 4.61. The van der Waals surface area contributed by atoms with Gasteiger partial charge in [0.05, 0.1) is 3.76 Å². The maximum Gasteiger partial charge on any atom is 0.0502 e. The van der Waals surface area contributed by atoms with Crippen molar-refractivity contribution >= 4 is 40.0 Å². The van der Waals surface area contributed by atoms with Crippen LogP contribution in [-0.4, -0.2) is 3.76 Å². The van der Waals surface area contributed by atoms with Crippen LogP contribution < -0.4 is 5.73 Å². The van der Waals surface area contributed by atoms with E-state index >= 15 is 0 Å². The standard InChI is InChI=1S/C7H8INS/c8-5-10-7-4-2-1-3-6(7)9/h1-4H,5,9H2. The normalized spacial score (nSPS) is 9.70. The average Bonchev–Trinajstić information content (AvgIpc) is 1.94. The van der Waals surface area contributed by atoms with Crippen molar-refractivity contribution in [3.05, 3.63) is 24.3 Å². The molecule has 54 valence electrons. The number of rotatable bonds is 2. The molecule has 0 bridgehead atoms. The Morgan fingerprint density at radius 1 is 1.40 bits per heavy atom. The predicted octanol–water partition coefficient (Wildman–Crippen LogP) is 2.75. The Kier molecular flexibility index (Phi) is 3.34. The molecule has 0 amide bonds. The van der Waals surface area contributed by atoms with Gasteiger partial charge >= 0.3 is 0 Å². The number of thioether (sulfide) groups is 1. The third-order valence-corrected chi connectivity index (χ3v) is 2.86. The summed E-state index contributed by atoms with van der Waals surface area (Å²) in [4.78, 5) is 1.18. The molecule has 1 rings (SSSR count). The Bertz CT molecular complexity index is 215. The molecule has 0 atom stereocenters. The van der Waals surface area contributed by atoms with E-state index in [0.717, 1.165) is 9.45 Å². The molecule has 3 heteroatoms. The molecule has 0 radical (unpaired) electrons. The number of nitrogens with two attached hydrogens (primary N) is 1. The molecule has 0 fully saturated rings. The fraction of sp³-hybridized carbons (Fsp3) is 0.143. The van der Waals surface area contributed by atoms with Gasteiger partial charge in [0.25, 0.3) is 0 Å². The molecule has 0 aliphatic carbocycles. The van der Waals surface area contributed by atoms with Crippen LogP contribution in [0.1, 0.15) is 0 Å². The van der Waals surface area contributed by atoms with Crippen molar-refractivity contribution in [2.45, 2.75) is 4.90 Å². The van der Waals surface area contributed by atoms with Gasteiger partial charge in [-0.15, -0.1) is 11.8 Å². The largest absolute Gasteiger partial charge is 0.398 e. The minimum absolute atomic E-state index is 0.879. The van der Waals surface area contributed by atoms with Crippen LogP contribution >= 0.6 is 34.4 Å². The molecule has 1 aromatic carbocycles. The smallest absolute Gasteiger partial charge is 0.0502 e. The fourth-order valence-corrected chi connectivity index (χ4v) is 2.20. The van der Waals surface area contributed by atoms with Crippen molar-refractivity contribution in [2.24, 2.45) is 0 Å². The van der Waals surface area contributed by atoms with E-state index in [0.29, 0.717) is 0 Å². The van der Waals surface area contributed by atoms with Crippen molar-refractivity contribution in [3.63, 3.8) is 0 Å². The van der Waals surface area contributed by atoms with E-state index in [9.17, 15) is 0 Å². The number of alkyl halides is 1.